The fourth-order valence-electron chi connectivity index (χ4n) is 13.6. The van der Waals surface area contributed by atoms with Gasteiger partial charge in [-0.15, -0.1) is 0 Å². The molecule has 0 spiro atoms. The molecule has 0 radical (unpaired) electrons. The molecule has 0 aromatic carbocycles. The number of fused-ring (bicyclic) bond motifs is 3. The lowest BCUT2D eigenvalue weighted by molar-refractivity contribution is -0.128. The lowest BCUT2D eigenvalue weighted by Gasteiger charge is -2.44. The van der Waals surface area contributed by atoms with Crippen LogP contribution in [0.25, 0.3) is 50.2 Å². The molecule has 624 valence electrons. The molecule has 12 heterocycles. The summed E-state index contributed by atoms with van der Waals surface area (Å²) in [5.74, 6) is -1.78. The van der Waals surface area contributed by atoms with Crippen molar-refractivity contribution in [2.45, 2.75) is 233 Å². The standard InChI is InChI=1S/C27H34ClFN6O3.C25H28ClFN6O2.C16H14ClFN4O2.C11H22N2O2.3CH4/c1-14(2)20-21(15(3)9-10-30-20)35-24-18(11-19(29)22(28)31-24)23(32-25(35)36)33-12-17(5)34(13-16(33)4)26(37)38-27(6,7)8;1-7-19(34)31-11-16(6)32(12-15(31)5)23-17-10-18(27)22(26)29-24(17)33(25(35)30-23)21-14(4)8-9-28-20(21)13(2)3;1-7(2)11-12(8(3)4-5-19-11)22-14-9(15(23)21-16(22)24)6-10(18)13(17)20-14;1-8-7-13(9(2)6-12-8)10(14)15-11(3,4)5;;;/h9-11,14,16-17H,12-13H2,1-8H3;7-10,13,15-16H,1,11-12H2,2-6H3;4-7H,1-3H3,(H,21,23,24);8-9,12H,6-7H2,1-5H3;3*1H4/t16-,17+;15-,16+;;8-,9+;;;/m01.0.../s1. The molecule has 0 saturated carbocycles. The number of aromatic nitrogens is 12. The molecule has 9 aromatic heterocycles. The number of ether oxygens (including phenoxy) is 2. The Hall–Kier alpha value is -9.91. The van der Waals surface area contributed by atoms with Gasteiger partial charge in [-0.05, 0) is 181 Å². The highest BCUT2D eigenvalue weighted by Crippen LogP contribution is 2.37. The highest BCUT2D eigenvalue weighted by atomic mass is 35.5. The van der Waals surface area contributed by atoms with Gasteiger partial charge in [0, 0.05) is 94.1 Å². The number of H-pyrrole nitrogens is 1. The molecule has 3 saturated heterocycles. The summed E-state index contributed by atoms with van der Waals surface area (Å²) in [5, 5.41) is 2.88. The number of hydrogen-bond acceptors (Lipinski definition) is 20. The fourth-order valence-corrected chi connectivity index (χ4v) is 14.0. The first-order valence-corrected chi connectivity index (χ1v) is 38.1. The van der Waals surface area contributed by atoms with Gasteiger partial charge in [-0.1, -0.05) is 105 Å². The van der Waals surface area contributed by atoms with E-state index < -0.39 is 62.5 Å². The van der Waals surface area contributed by atoms with Crippen LogP contribution < -0.4 is 37.7 Å². The normalized spacial score (nSPS) is 17.7. The summed E-state index contributed by atoms with van der Waals surface area (Å²) in [6, 6.07) is 8.55. The van der Waals surface area contributed by atoms with Crippen LogP contribution in [0.2, 0.25) is 15.5 Å². The quantitative estimate of drug-likeness (QED) is 0.100. The van der Waals surface area contributed by atoms with Gasteiger partial charge in [0.2, 0.25) is 5.91 Å². The molecule has 0 unspecified atom stereocenters. The van der Waals surface area contributed by atoms with Crippen LogP contribution in [0.15, 0.2) is 86.8 Å². The number of pyridine rings is 6. The van der Waals surface area contributed by atoms with E-state index in [4.69, 9.17) is 44.3 Å². The molecule has 27 nitrogen and oxygen atoms in total. The van der Waals surface area contributed by atoms with Gasteiger partial charge >= 0.3 is 29.3 Å². The Labute approximate surface area is 684 Å². The summed E-state index contributed by atoms with van der Waals surface area (Å²) in [6.07, 6.45) is 5.71. The monoisotopic (exact) mass is 1650 g/mol. The number of nitrogens with zero attached hydrogens (tertiary/aromatic N) is 16. The highest BCUT2D eigenvalue weighted by Gasteiger charge is 2.39. The van der Waals surface area contributed by atoms with Crippen LogP contribution in [-0.2, 0) is 14.3 Å². The second kappa shape index (κ2) is 37.8. The number of hydrogen-bond donors (Lipinski definition) is 2. The number of nitrogens with one attached hydrogen (secondary N) is 2. The van der Waals surface area contributed by atoms with Gasteiger partial charge < -0.3 is 39.3 Å². The highest BCUT2D eigenvalue weighted by molar-refractivity contribution is 6.30. The van der Waals surface area contributed by atoms with Crippen molar-refractivity contribution in [1.29, 1.82) is 0 Å². The first kappa shape index (κ1) is 93.9. The molecular formula is C82H110Cl3F3N18O9. The molecule has 12 rings (SSSR count). The minimum atomic E-state index is -0.827. The van der Waals surface area contributed by atoms with Gasteiger partial charge in [-0.2, -0.15) is 9.97 Å². The molecule has 3 aliphatic heterocycles. The average molecular weight is 1660 g/mol. The van der Waals surface area contributed by atoms with Crippen molar-refractivity contribution in [2.24, 2.45) is 0 Å². The molecule has 9 aromatic rings. The molecule has 3 amide bonds. The summed E-state index contributed by atoms with van der Waals surface area (Å²) in [7, 11) is 0. The summed E-state index contributed by atoms with van der Waals surface area (Å²) < 4.78 is 58.1. The van der Waals surface area contributed by atoms with Crippen LogP contribution in [0.3, 0.4) is 0 Å². The van der Waals surface area contributed by atoms with Gasteiger partial charge in [0.05, 0.1) is 50.3 Å². The summed E-state index contributed by atoms with van der Waals surface area (Å²) in [6.45, 7) is 46.9. The largest absolute Gasteiger partial charge is 0.444 e. The zero-order chi connectivity index (χ0) is 82.9. The minimum Gasteiger partial charge on any atom is -0.444 e. The van der Waals surface area contributed by atoms with Crippen LogP contribution in [0.1, 0.15) is 198 Å². The average Bonchev–Trinajstić information content (AvgIpc) is 0.743. The first-order valence-electron chi connectivity index (χ1n) is 37.0. The topological polar surface area (TPSA) is 300 Å². The third kappa shape index (κ3) is 20.7. The Kier molecular flexibility index (Phi) is 30.9. The Bertz CT molecular complexity index is 5360. The van der Waals surface area contributed by atoms with Crippen LogP contribution in [0.5, 0.6) is 0 Å². The number of rotatable bonds is 9. The van der Waals surface area contributed by atoms with E-state index in [0.717, 1.165) is 35.8 Å². The van der Waals surface area contributed by atoms with Crippen LogP contribution in [0, 0.1) is 38.2 Å². The summed E-state index contributed by atoms with van der Waals surface area (Å²) in [4.78, 5) is 135. The molecule has 33 heteroatoms. The Morgan fingerprint density at radius 3 is 1.21 bits per heavy atom. The van der Waals surface area contributed by atoms with Crippen molar-refractivity contribution in [1.82, 2.24) is 78.6 Å². The lowest BCUT2D eigenvalue weighted by Crippen LogP contribution is -2.59. The molecule has 3 aliphatic rings. The van der Waals surface area contributed by atoms with Gasteiger partial charge in [-0.3, -0.25) is 29.5 Å². The number of carbonyl (C=O) groups excluding carboxylic acids is 3. The van der Waals surface area contributed by atoms with E-state index in [-0.39, 0.29) is 115 Å². The summed E-state index contributed by atoms with van der Waals surface area (Å²) in [5.41, 5.74) is 2.88. The first-order chi connectivity index (χ1) is 52.3. The number of piperazine rings is 3. The Balaban J connectivity index is 0.000000247. The maximum absolute atomic E-state index is 14.8. The number of aryl methyl sites for hydroxylation is 3. The SMILES string of the molecule is C.C.C.C=CC(=O)N1C[C@H](C)N(c2nc(=O)n(-c3c(C)ccnc3C(C)C)c3nc(Cl)c(F)cc23)C[C@H]1C.C[C@@H]1CN[C@@H](C)CN1C(=O)OC(C)(C)C.Cc1ccnc(C(C)C)c1-n1c(=O)[nH]c(=O)c2cc(F)c(Cl)nc21.Cc1ccnc(C(C)C)c1-n1c(=O)nc(N2C[C@@H](C)N(C(=O)OC(C)(C)C)C[C@@H]2C)c2cc(F)c(Cl)nc21. The van der Waals surface area contributed by atoms with Crippen LogP contribution in [-0.4, -0.2) is 178 Å². The Morgan fingerprint density at radius 1 is 0.504 bits per heavy atom. The summed E-state index contributed by atoms with van der Waals surface area (Å²) >= 11 is 18.0. The maximum atomic E-state index is 14.8. The van der Waals surface area contributed by atoms with E-state index in [0.29, 0.717) is 88.8 Å². The van der Waals surface area contributed by atoms with Crippen molar-refractivity contribution in [3.05, 3.63) is 176 Å². The number of amides is 3. The molecule has 115 heavy (non-hydrogen) atoms. The number of aromatic amines is 1. The number of halogens is 6. The smallest absolute Gasteiger partial charge is 0.410 e. The van der Waals surface area contributed by atoms with Crippen molar-refractivity contribution < 1.29 is 37.0 Å². The van der Waals surface area contributed by atoms with Crippen molar-refractivity contribution in [2.75, 3.05) is 49.1 Å². The third-order valence-corrected chi connectivity index (χ3v) is 19.9. The molecule has 2 N–H and O–H groups in total. The molecule has 0 bridgehead atoms. The van der Waals surface area contributed by atoms with Crippen molar-refractivity contribution in [3.63, 3.8) is 0 Å². The van der Waals surface area contributed by atoms with E-state index >= 15 is 0 Å². The fraction of sp³-hybridized carbons (Fsp3) is 0.500. The van der Waals surface area contributed by atoms with Crippen LogP contribution in [0.4, 0.5) is 34.4 Å². The minimum absolute atomic E-state index is 0. The van der Waals surface area contributed by atoms with E-state index in [1.807, 2.05) is 148 Å². The van der Waals surface area contributed by atoms with Gasteiger partial charge in [0.15, 0.2) is 49.9 Å². The number of carbonyl (C=O) groups is 3. The second-order valence-corrected chi connectivity index (χ2v) is 32.5. The van der Waals surface area contributed by atoms with Gasteiger partial charge in [0.1, 0.15) is 22.8 Å². The van der Waals surface area contributed by atoms with Crippen molar-refractivity contribution in [3.8, 4) is 17.1 Å². The predicted octanol–water partition coefficient (Wildman–Crippen LogP) is 15.5. The zero-order valence-electron chi connectivity index (χ0n) is 67.0. The van der Waals surface area contributed by atoms with Gasteiger partial charge in [0.25, 0.3) is 5.56 Å². The maximum Gasteiger partial charge on any atom is 0.410 e. The molecule has 3 fully saturated rings. The molecular weight excluding hydrogens is 1540 g/mol. The van der Waals surface area contributed by atoms with Crippen LogP contribution >= 0.6 is 34.8 Å². The Morgan fingerprint density at radius 2 is 0.843 bits per heavy atom. The van der Waals surface area contributed by atoms with E-state index in [1.165, 1.54) is 31.9 Å². The van der Waals surface area contributed by atoms with E-state index in [2.05, 4.69) is 63.7 Å². The predicted molar refractivity (Wildman–Crippen MR) is 450 cm³/mol. The van der Waals surface area contributed by atoms with E-state index in [1.54, 1.807) is 51.5 Å². The molecule has 6 atom stereocenters. The third-order valence-electron chi connectivity index (χ3n) is 19.1. The lowest BCUT2D eigenvalue weighted by atomic mass is 10.0. The molecule has 0 aliphatic carbocycles. The van der Waals surface area contributed by atoms with Gasteiger partial charge in [-0.25, -0.2) is 65.8 Å². The van der Waals surface area contributed by atoms with Crippen molar-refractivity contribution >= 4 is 97.6 Å². The zero-order valence-corrected chi connectivity index (χ0v) is 69.3. The van der Waals surface area contributed by atoms with E-state index in [9.17, 15) is 46.7 Å². The number of anilines is 2. The second-order valence-electron chi connectivity index (χ2n) is 31.5.